The molecule has 1 fully saturated rings. The van der Waals surface area contributed by atoms with Crippen LogP contribution in [0.2, 0.25) is 0 Å². The van der Waals surface area contributed by atoms with Crippen molar-refractivity contribution in [2.45, 2.75) is 25.0 Å². The number of aliphatic hydroxyl groups excluding tert-OH is 1. The van der Waals surface area contributed by atoms with E-state index in [4.69, 9.17) is 4.74 Å². The van der Waals surface area contributed by atoms with E-state index in [9.17, 15) is 27.5 Å². The number of carbonyl (C=O) groups is 1. The lowest BCUT2D eigenvalue weighted by atomic mass is 9.89. The number of nitrogens with zero attached hydrogens (tertiary/aromatic N) is 2. The highest BCUT2D eigenvalue weighted by molar-refractivity contribution is 6.05. The van der Waals surface area contributed by atoms with E-state index >= 15 is 0 Å². The van der Waals surface area contributed by atoms with Gasteiger partial charge in [0.15, 0.2) is 6.10 Å². The number of β-lactam (4-membered cyclic amide) rings is 1. The van der Waals surface area contributed by atoms with Crippen LogP contribution in [0.3, 0.4) is 0 Å². The molecule has 10 heteroatoms. The lowest BCUT2D eigenvalue weighted by molar-refractivity contribution is -0.137. The number of aromatic nitrogens is 2. The number of ether oxygens (including phenoxy) is 1. The first-order valence-corrected chi connectivity index (χ1v) is 8.71. The number of imidazole rings is 1. The van der Waals surface area contributed by atoms with Crippen LogP contribution in [0.25, 0.3) is 11.0 Å². The van der Waals surface area contributed by atoms with Crippen LogP contribution in [-0.2, 0) is 4.79 Å². The number of hydrogen-bond acceptors (Lipinski definition) is 4. The second kappa shape index (κ2) is 7.36. The molecule has 1 unspecified atom stereocenters. The number of fused-ring (bicyclic) bond motifs is 1. The van der Waals surface area contributed by atoms with Crippen molar-refractivity contribution in [1.29, 1.82) is 0 Å². The molecule has 2 atom stereocenters. The molecule has 1 amide bonds. The molecule has 2 heterocycles. The lowest BCUT2D eigenvalue weighted by Crippen LogP contribution is -2.59. The average Bonchev–Trinajstić information content (AvgIpc) is 3.14. The maximum absolute atomic E-state index is 14.6. The van der Waals surface area contributed by atoms with Gasteiger partial charge in [0, 0.05) is 29.8 Å². The fraction of sp³-hybridized carbons (Fsp3) is 0.263. The van der Waals surface area contributed by atoms with Gasteiger partial charge in [0.25, 0.3) is 5.91 Å². The molecule has 4 rings (SSSR count). The Balaban J connectivity index is 1.64. The number of aliphatic hydroxyl groups is 1. The number of hydrogen-bond donors (Lipinski definition) is 2. The van der Waals surface area contributed by atoms with Gasteiger partial charge in [0.2, 0.25) is 6.43 Å². The minimum Gasteiger partial charge on any atom is -0.493 e. The summed E-state index contributed by atoms with van der Waals surface area (Å²) in [6.07, 6.45) is -3.34. The topological polar surface area (TPSA) is 78.5 Å². The minimum atomic E-state index is -2.60. The maximum atomic E-state index is 14.6. The van der Waals surface area contributed by atoms with E-state index in [0.717, 1.165) is 17.0 Å². The molecular weight excluding hydrogens is 394 g/mol. The van der Waals surface area contributed by atoms with Crippen LogP contribution >= 0.6 is 0 Å². The third-order valence-electron chi connectivity index (χ3n) is 4.70. The Morgan fingerprint density at radius 3 is 2.62 bits per heavy atom. The standard InChI is InChI=1S/C19H15F4N3O3/c20-11-6-10(29-4-3-15(22)23)7-12(21)16(11)17-18(27)19(28)26(17)9-1-2-13-14(5-9)25-8-24-13/h1-2,5-8,15,17-18,27H,3-4H2,(H,24,25)/t17?,18-/m0/s1. The van der Waals surface area contributed by atoms with E-state index in [-0.39, 0.29) is 5.75 Å². The molecule has 1 aliphatic rings. The van der Waals surface area contributed by atoms with Gasteiger partial charge in [-0.25, -0.2) is 22.5 Å². The number of benzene rings is 2. The Bertz CT molecular complexity index is 1050. The summed E-state index contributed by atoms with van der Waals surface area (Å²) in [5.41, 5.74) is 1.07. The second-order valence-corrected chi connectivity index (χ2v) is 6.53. The summed E-state index contributed by atoms with van der Waals surface area (Å²) in [7, 11) is 0. The molecule has 1 aliphatic heterocycles. The Morgan fingerprint density at radius 2 is 1.93 bits per heavy atom. The molecule has 0 aliphatic carbocycles. The van der Waals surface area contributed by atoms with E-state index < -0.39 is 54.7 Å². The number of H-pyrrole nitrogens is 1. The first-order valence-electron chi connectivity index (χ1n) is 8.71. The normalized spacial score (nSPS) is 19.1. The van der Waals surface area contributed by atoms with E-state index in [2.05, 4.69) is 9.97 Å². The number of rotatable bonds is 6. The summed E-state index contributed by atoms with van der Waals surface area (Å²) in [6.45, 7) is -0.406. The molecule has 3 aromatic rings. The fourth-order valence-electron chi connectivity index (χ4n) is 3.31. The van der Waals surface area contributed by atoms with Gasteiger partial charge in [0.05, 0.1) is 24.0 Å². The van der Waals surface area contributed by atoms with Crippen LogP contribution in [0.4, 0.5) is 23.2 Å². The number of halogens is 4. The largest absolute Gasteiger partial charge is 0.493 e. The third kappa shape index (κ3) is 3.39. The van der Waals surface area contributed by atoms with E-state index in [1.165, 1.54) is 6.33 Å². The molecular formula is C19H15F4N3O3. The minimum absolute atomic E-state index is 0.255. The summed E-state index contributed by atoms with van der Waals surface area (Å²) < 4.78 is 58.6. The van der Waals surface area contributed by atoms with Crippen molar-refractivity contribution in [2.75, 3.05) is 11.5 Å². The zero-order valence-electron chi connectivity index (χ0n) is 14.8. The average molecular weight is 409 g/mol. The van der Waals surface area contributed by atoms with Gasteiger partial charge in [-0.05, 0) is 18.2 Å². The summed E-state index contributed by atoms with van der Waals surface area (Å²) in [4.78, 5) is 20.2. The van der Waals surface area contributed by atoms with Crippen LogP contribution in [-0.4, -0.2) is 40.1 Å². The molecule has 2 aromatic carbocycles. The van der Waals surface area contributed by atoms with Crippen LogP contribution in [0.1, 0.15) is 18.0 Å². The fourth-order valence-corrected chi connectivity index (χ4v) is 3.31. The maximum Gasteiger partial charge on any atom is 0.259 e. The summed E-state index contributed by atoms with van der Waals surface area (Å²) in [5, 5.41) is 10.1. The summed E-state index contributed by atoms with van der Waals surface area (Å²) >= 11 is 0. The van der Waals surface area contributed by atoms with E-state index in [0.29, 0.717) is 16.7 Å². The molecule has 0 spiro atoms. The predicted octanol–water partition coefficient (Wildman–Crippen LogP) is 3.32. The van der Waals surface area contributed by atoms with E-state index in [1.54, 1.807) is 18.2 Å². The van der Waals surface area contributed by atoms with Crippen LogP contribution in [0.5, 0.6) is 5.75 Å². The number of amides is 1. The van der Waals surface area contributed by atoms with Gasteiger partial charge < -0.3 is 14.8 Å². The number of nitrogens with one attached hydrogen (secondary N) is 1. The molecule has 1 saturated heterocycles. The van der Waals surface area contributed by atoms with Crippen LogP contribution in [0, 0.1) is 11.6 Å². The van der Waals surface area contributed by atoms with Crippen molar-refractivity contribution in [2.24, 2.45) is 0 Å². The summed E-state index contributed by atoms with van der Waals surface area (Å²) in [6, 6.07) is 5.17. The molecule has 2 N–H and O–H groups in total. The number of anilines is 1. The Kier molecular flexibility index (Phi) is 4.87. The molecule has 1 aromatic heterocycles. The molecule has 0 saturated carbocycles. The van der Waals surface area contributed by atoms with Gasteiger partial charge in [-0.2, -0.15) is 0 Å². The van der Waals surface area contributed by atoms with Crippen molar-refractivity contribution in [1.82, 2.24) is 9.97 Å². The van der Waals surface area contributed by atoms with E-state index in [1.807, 2.05) is 0 Å². The second-order valence-electron chi connectivity index (χ2n) is 6.53. The monoisotopic (exact) mass is 409 g/mol. The Morgan fingerprint density at radius 1 is 1.21 bits per heavy atom. The quantitative estimate of drug-likeness (QED) is 0.484. The van der Waals surface area contributed by atoms with Gasteiger partial charge in [-0.1, -0.05) is 0 Å². The third-order valence-corrected chi connectivity index (χ3v) is 4.70. The first kappa shape index (κ1) is 19.2. The van der Waals surface area contributed by atoms with Gasteiger partial charge in [-0.15, -0.1) is 0 Å². The molecule has 6 nitrogen and oxygen atoms in total. The van der Waals surface area contributed by atoms with Crippen molar-refractivity contribution in [3.63, 3.8) is 0 Å². The van der Waals surface area contributed by atoms with Crippen molar-refractivity contribution < 1.29 is 32.2 Å². The van der Waals surface area contributed by atoms with Crippen LogP contribution in [0.15, 0.2) is 36.7 Å². The van der Waals surface area contributed by atoms with Crippen molar-refractivity contribution in [3.05, 3.63) is 53.9 Å². The van der Waals surface area contributed by atoms with Gasteiger partial charge in [-0.3, -0.25) is 9.69 Å². The zero-order chi connectivity index (χ0) is 20.7. The Labute approximate surface area is 161 Å². The van der Waals surface area contributed by atoms with Gasteiger partial charge >= 0.3 is 0 Å². The molecule has 0 radical (unpaired) electrons. The van der Waals surface area contributed by atoms with Gasteiger partial charge in [0.1, 0.15) is 23.4 Å². The number of alkyl halides is 2. The number of carbonyl (C=O) groups excluding carboxylic acids is 1. The Hall–Kier alpha value is -3.14. The highest BCUT2D eigenvalue weighted by atomic mass is 19.3. The molecule has 152 valence electrons. The van der Waals surface area contributed by atoms with Crippen molar-refractivity contribution >= 4 is 22.6 Å². The lowest BCUT2D eigenvalue weighted by Gasteiger charge is -2.44. The highest BCUT2D eigenvalue weighted by Crippen LogP contribution is 2.42. The SMILES string of the molecule is O=C1[C@@H](O)C(c2c(F)cc(OCCC(F)F)cc2F)N1c1ccc2nc[nH]c2c1. The van der Waals surface area contributed by atoms with Crippen LogP contribution < -0.4 is 9.64 Å². The zero-order valence-corrected chi connectivity index (χ0v) is 14.8. The molecule has 0 bridgehead atoms. The number of aromatic amines is 1. The first-order chi connectivity index (χ1) is 13.9. The predicted molar refractivity (Wildman–Crippen MR) is 94.8 cm³/mol. The smallest absolute Gasteiger partial charge is 0.259 e. The molecule has 29 heavy (non-hydrogen) atoms. The van der Waals surface area contributed by atoms with Crippen molar-refractivity contribution in [3.8, 4) is 5.75 Å². The highest BCUT2D eigenvalue weighted by Gasteiger charge is 2.50. The summed E-state index contributed by atoms with van der Waals surface area (Å²) in [5.74, 6) is -3.07.